The number of alkyl halides is 3. The van der Waals surface area contributed by atoms with E-state index in [2.05, 4.69) is 25.2 Å². The van der Waals surface area contributed by atoms with Crippen LogP contribution in [0.5, 0.6) is 0 Å². The smallest absolute Gasteiger partial charge is 0.475 e. The SMILES string of the molecule is Cc1cnc(N2CC3CC(C(=O)Nc4cccnc4)C(C2)O3)nc1.O=C(O)C(F)(F)F. The molecule has 3 atom stereocenters. The highest BCUT2D eigenvalue weighted by molar-refractivity contribution is 5.93. The predicted molar refractivity (Wildman–Crippen MR) is 102 cm³/mol. The van der Waals surface area contributed by atoms with Gasteiger partial charge >= 0.3 is 12.1 Å². The van der Waals surface area contributed by atoms with Crippen LogP contribution in [0.3, 0.4) is 0 Å². The Hall–Kier alpha value is -3.28. The zero-order chi connectivity index (χ0) is 22.6. The lowest BCUT2D eigenvalue weighted by Gasteiger charge is -2.32. The molecular weight excluding hydrogens is 419 g/mol. The number of anilines is 2. The Morgan fingerprint density at radius 3 is 2.48 bits per heavy atom. The fourth-order valence-electron chi connectivity index (χ4n) is 3.32. The molecule has 4 rings (SSSR count). The second kappa shape index (κ2) is 9.25. The maximum atomic E-state index is 12.6. The normalized spacial score (nSPS) is 22.3. The zero-order valence-electron chi connectivity index (χ0n) is 16.4. The molecule has 1 amide bonds. The number of aromatic nitrogens is 3. The third-order valence-electron chi connectivity index (χ3n) is 4.72. The average Bonchev–Trinajstić information content (AvgIpc) is 3.02. The number of aliphatic carboxylic acids is 1. The predicted octanol–water partition coefficient (Wildman–Crippen LogP) is 2.05. The summed E-state index contributed by atoms with van der Waals surface area (Å²) in [5.41, 5.74) is 1.74. The number of hydrogen-bond donors (Lipinski definition) is 2. The van der Waals surface area contributed by atoms with Gasteiger partial charge in [0.15, 0.2) is 0 Å². The van der Waals surface area contributed by atoms with Crippen LogP contribution in [0.15, 0.2) is 36.9 Å². The third kappa shape index (κ3) is 5.87. The Balaban J connectivity index is 0.000000339. The van der Waals surface area contributed by atoms with Crippen molar-refractivity contribution in [1.82, 2.24) is 15.0 Å². The van der Waals surface area contributed by atoms with Gasteiger partial charge in [-0.15, -0.1) is 0 Å². The van der Waals surface area contributed by atoms with Gasteiger partial charge in [0.25, 0.3) is 0 Å². The van der Waals surface area contributed by atoms with E-state index in [1.807, 2.05) is 25.4 Å². The summed E-state index contributed by atoms with van der Waals surface area (Å²) in [6, 6.07) is 3.63. The Bertz CT molecular complexity index is 911. The molecule has 9 nitrogen and oxygen atoms in total. The molecule has 166 valence electrons. The number of aryl methyl sites for hydroxylation is 1. The summed E-state index contributed by atoms with van der Waals surface area (Å²) >= 11 is 0. The lowest BCUT2D eigenvalue weighted by molar-refractivity contribution is -0.192. The number of amides is 1. The molecule has 2 saturated heterocycles. The summed E-state index contributed by atoms with van der Waals surface area (Å²) in [6.07, 6.45) is 2.49. The standard InChI is InChI=1S/C17H19N5O2.C2HF3O2/c1-11-6-19-17(20-7-11)22-9-13-5-14(15(10-22)24-13)16(23)21-12-3-2-4-18-8-12;3-2(4,5)1(6)7/h2-4,6-8,13-15H,5,9-10H2,1H3,(H,21,23);(H,6,7). The number of morpholine rings is 1. The number of nitrogens with one attached hydrogen (secondary N) is 1. The van der Waals surface area contributed by atoms with Crippen molar-refractivity contribution in [3.05, 3.63) is 42.5 Å². The van der Waals surface area contributed by atoms with E-state index in [0.29, 0.717) is 18.2 Å². The van der Waals surface area contributed by atoms with Crippen LogP contribution in [0.4, 0.5) is 24.8 Å². The Morgan fingerprint density at radius 1 is 1.23 bits per heavy atom. The van der Waals surface area contributed by atoms with E-state index >= 15 is 0 Å². The average molecular weight is 439 g/mol. The van der Waals surface area contributed by atoms with Gasteiger partial charge in [0, 0.05) is 31.7 Å². The van der Waals surface area contributed by atoms with Crippen molar-refractivity contribution in [2.75, 3.05) is 23.3 Å². The molecule has 2 aromatic rings. The van der Waals surface area contributed by atoms with Gasteiger partial charge < -0.3 is 20.1 Å². The molecule has 12 heteroatoms. The van der Waals surface area contributed by atoms with Crippen LogP contribution in [0.2, 0.25) is 0 Å². The number of halogens is 3. The molecule has 2 aromatic heterocycles. The van der Waals surface area contributed by atoms with Crippen molar-refractivity contribution in [3.63, 3.8) is 0 Å². The minimum Gasteiger partial charge on any atom is -0.475 e. The first kappa shape index (κ1) is 22.4. The first-order chi connectivity index (χ1) is 14.6. The van der Waals surface area contributed by atoms with E-state index in [4.69, 9.17) is 14.6 Å². The van der Waals surface area contributed by atoms with Gasteiger partial charge in [0.2, 0.25) is 11.9 Å². The maximum Gasteiger partial charge on any atom is 0.490 e. The van der Waals surface area contributed by atoms with Crippen molar-refractivity contribution in [3.8, 4) is 0 Å². The van der Waals surface area contributed by atoms with Gasteiger partial charge in [0.1, 0.15) is 0 Å². The Morgan fingerprint density at radius 2 is 1.90 bits per heavy atom. The van der Waals surface area contributed by atoms with E-state index in [9.17, 15) is 18.0 Å². The van der Waals surface area contributed by atoms with Gasteiger partial charge in [-0.05, 0) is 31.0 Å². The molecule has 2 bridgehead atoms. The van der Waals surface area contributed by atoms with Crippen molar-refractivity contribution in [2.45, 2.75) is 31.7 Å². The van der Waals surface area contributed by atoms with Gasteiger partial charge in [0.05, 0.1) is 30.0 Å². The fraction of sp³-hybridized carbons (Fsp3) is 0.421. The van der Waals surface area contributed by atoms with E-state index < -0.39 is 12.1 Å². The molecule has 3 unspecified atom stereocenters. The van der Waals surface area contributed by atoms with Crippen molar-refractivity contribution in [2.24, 2.45) is 5.92 Å². The molecule has 0 saturated carbocycles. The summed E-state index contributed by atoms with van der Waals surface area (Å²) in [5.74, 6) is -2.23. The molecule has 0 aromatic carbocycles. The number of carboxylic acids is 1. The van der Waals surface area contributed by atoms with Gasteiger partial charge in [-0.3, -0.25) is 9.78 Å². The number of nitrogens with zero attached hydrogens (tertiary/aromatic N) is 4. The highest BCUT2D eigenvalue weighted by Gasteiger charge is 2.45. The molecule has 2 aliphatic rings. The van der Waals surface area contributed by atoms with E-state index in [1.54, 1.807) is 18.5 Å². The number of carboxylic acid groups (broad SMARTS) is 1. The number of pyridine rings is 1. The van der Waals surface area contributed by atoms with Crippen LogP contribution in [0, 0.1) is 12.8 Å². The van der Waals surface area contributed by atoms with Crippen LogP contribution in [0.25, 0.3) is 0 Å². The molecular formula is C19H20F3N5O4. The van der Waals surface area contributed by atoms with E-state index in [1.165, 1.54) is 0 Å². The number of carbonyl (C=O) groups is 2. The third-order valence-corrected chi connectivity index (χ3v) is 4.72. The number of hydrogen-bond acceptors (Lipinski definition) is 7. The molecule has 2 fully saturated rings. The molecule has 4 heterocycles. The lowest BCUT2D eigenvalue weighted by atomic mass is 9.99. The lowest BCUT2D eigenvalue weighted by Crippen LogP contribution is -2.45. The number of fused-ring (bicyclic) bond motifs is 2. The van der Waals surface area contributed by atoms with Crippen LogP contribution < -0.4 is 10.2 Å². The Kier molecular flexibility index (Phi) is 6.68. The van der Waals surface area contributed by atoms with Gasteiger partial charge in [-0.25, -0.2) is 14.8 Å². The fourth-order valence-corrected chi connectivity index (χ4v) is 3.32. The first-order valence-electron chi connectivity index (χ1n) is 9.33. The first-order valence-corrected chi connectivity index (χ1v) is 9.33. The molecule has 2 N–H and O–H groups in total. The van der Waals surface area contributed by atoms with E-state index in [-0.39, 0.29) is 24.0 Å². The van der Waals surface area contributed by atoms with Crippen molar-refractivity contribution >= 4 is 23.5 Å². The van der Waals surface area contributed by atoms with Crippen LogP contribution in [0.1, 0.15) is 12.0 Å². The summed E-state index contributed by atoms with van der Waals surface area (Å²) in [7, 11) is 0. The number of rotatable bonds is 3. The van der Waals surface area contributed by atoms with Gasteiger partial charge in [-0.2, -0.15) is 13.2 Å². The summed E-state index contributed by atoms with van der Waals surface area (Å²) < 4.78 is 37.7. The number of carbonyl (C=O) groups excluding carboxylic acids is 1. The maximum absolute atomic E-state index is 12.6. The zero-order valence-corrected chi connectivity index (χ0v) is 16.4. The Labute approximate surface area is 175 Å². The quantitative estimate of drug-likeness (QED) is 0.746. The molecule has 0 spiro atoms. The summed E-state index contributed by atoms with van der Waals surface area (Å²) in [6.45, 7) is 3.31. The molecule has 2 aliphatic heterocycles. The summed E-state index contributed by atoms with van der Waals surface area (Å²) in [4.78, 5) is 36.4. The second-order valence-corrected chi connectivity index (χ2v) is 7.14. The number of ether oxygens (including phenoxy) is 1. The topological polar surface area (TPSA) is 118 Å². The monoisotopic (exact) mass is 439 g/mol. The molecule has 0 aliphatic carbocycles. The minimum atomic E-state index is -5.08. The van der Waals surface area contributed by atoms with Gasteiger partial charge in [-0.1, -0.05) is 0 Å². The van der Waals surface area contributed by atoms with Crippen LogP contribution >= 0.6 is 0 Å². The minimum absolute atomic E-state index is 0.0119. The second-order valence-electron chi connectivity index (χ2n) is 7.14. The van der Waals surface area contributed by atoms with E-state index in [0.717, 1.165) is 18.5 Å². The molecule has 31 heavy (non-hydrogen) atoms. The van der Waals surface area contributed by atoms with Crippen LogP contribution in [-0.4, -0.2) is 63.4 Å². The highest BCUT2D eigenvalue weighted by Crippen LogP contribution is 2.33. The largest absolute Gasteiger partial charge is 0.490 e. The van der Waals surface area contributed by atoms with Crippen LogP contribution in [-0.2, 0) is 14.3 Å². The van der Waals surface area contributed by atoms with Crippen molar-refractivity contribution < 1.29 is 32.6 Å². The summed E-state index contributed by atoms with van der Waals surface area (Å²) in [5, 5.41) is 10.1. The van der Waals surface area contributed by atoms with Crippen molar-refractivity contribution in [1.29, 1.82) is 0 Å². The highest BCUT2D eigenvalue weighted by atomic mass is 19.4. The molecule has 0 radical (unpaired) electrons.